The quantitative estimate of drug-likeness (QED) is 0.539. The van der Waals surface area contributed by atoms with Crippen molar-refractivity contribution in [2.45, 2.75) is 10.4 Å². The van der Waals surface area contributed by atoms with Crippen LogP contribution in [0.2, 0.25) is 0 Å². The van der Waals surface area contributed by atoms with Gasteiger partial charge in [0, 0.05) is 43.2 Å². The number of aromatic nitrogens is 2. The minimum atomic E-state index is -4.46. The first kappa shape index (κ1) is 21.6. The first-order valence-electron chi connectivity index (χ1n) is 6.36. The third-order valence-corrected chi connectivity index (χ3v) is 3.18. The van der Waals surface area contributed by atoms with E-state index in [1.807, 2.05) is 0 Å². The molecule has 131 valence electrons. The van der Waals surface area contributed by atoms with Gasteiger partial charge in [0.25, 0.3) is 5.91 Å². The van der Waals surface area contributed by atoms with Crippen LogP contribution in [0.15, 0.2) is 33.6 Å². The Hall–Kier alpha value is -1.46. The zero-order valence-corrected chi connectivity index (χ0v) is 16.1. The molecule has 0 atom stereocenters. The monoisotopic (exact) mass is 448 g/mol. The summed E-state index contributed by atoms with van der Waals surface area (Å²) >= 11 is -0.338. The molecule has 12 heteroatoms. The van der Waals surface area contributed by atoms with Crippen LogP contribution in [0.3, 0.4) is 0 Å². The summed E-state index contributed by atoms with van der Waals surface area (Å²) in [6, 6.07) is 4.57. The molecule has 2 N–H and O–H groups in total. The summed E-state index contributed by atoms with van der Waals surface area (Å²) in [7, 11) is 0. The van der Waals surface area contributed by atoms with E-state index in [1.54, 1.807) is 0 Å². The number of benzene rings is 1. The summed E-state index contributed by atoms with van der Waals surface area (Å²) in [6.07, 6.45) is 0. The number of amides is 2. The average molecular weight is 448 g/mol. The molecule has 0 fully saturated rings. The minimum Gasteiger partial charge on any atom is -0.399 e. The van der Waals surface area contributed by atoms with Gasteiger partial charge in [0.1, 0.15) is 0 Å². The van der Waals surface area contributed by atoms with Gasteiger partial charge in [-0.05, 0) is 30.0 Å². The van der Waals surface area contributed by atoms with Crippen LogP contribution in [0, 0.1) is 6.92 Å². The molecule has 0 aliphatic carbocycles. The van der Waals surface area contributed by atoms with Crippen LogP contribution in [0.4, 0.5) is 19.2 Å². The van der Waals surface area contributed by atoms with Crippen molar-refractivity contribution in [3.8, 4) is 0 Å². The Morgan fingerprint density at radius 1 is 1.24 bits per heavy atom. The van der Waals surface area contributed by atoms with Gasteiger partial charge < -0.3 is 16.7 Å². The van der Waals surface area contributed by atoms with Crippen molar-refractivity contribution >= 4 is 29.6 Å². The van der Waals surface area contributed by atoms with E-state index in [4.69, 9.17) is 4.42 Å². The van der Waals surface area contributed by atoms with Crippen molar-refractivity contribution in [1.29, 1.82) is 0 Å². The fourth-order valence-corrected chi connectivity index (χ4v) is 2.16. The summed E-state index contributed by atoms with van der Waals surface area (Å²) in [4.78, 5) is 23.3. The Balaban J connectivity index is 0.00000312. The van der Waals surface area contributed by atoms with Gasteiger partial charge in [-0.25, -0.2) is 0 Å². The van der Waals surface area contributed by atoms with E-state index in [1.165, 1.54) is 18.2 Å². The molecular formula is C13H10F3N4O3SY-. The SMILES string of the molecule is [CH2-]CNC(=O)c1nnc(NC(=O)c2cccc(SC(F)(F)F)c2)o1.[Y]. The van der Waals surface area contributed by atoms with Crippen LogP contribution in [-0.4, -0.2) is 34.1 Å². The summed E-state index contributed by atoms with van der Waals surface area (Å²) in [5.41, 5.74) is -4.50. The molecule has 1 radical (unpaired) electrons. The first-order valence-corrected chi connectivity index (χ1v) is 7.18. The number of hydrogen-bond acceptors (Lipinski definition) is 6. The summed E-state index contributed by atoms with van der Waals surface area (Å²) < 4.78 is 42.0. The standard InChI is InChI=1S/C13H10F3N4O3S.Y/c1-2-17-10(22)11-19-20-12(23-11)18-9(21)7-4-3-5-8(6-7)24-13(14,15)16;/h3-6H,1-2H2,(H,17,22)(H,18,20,21);/q-1;. The molecule has 2 amide bonds. The number of alkyl halides is 3. The number of carbonyl (C=O) groups is 2. The van der Waals surface area contributed by atoms with Crippen molar-refractivity contribution < 1.29 is 59.9 Å². The second-order valence-corrected chi connectivity index (χ2v) is 5.34. The van der Waals surface area contributed by atoms with Crippen molar-refractivity contribution in [3.05, 3.63) is 42.6 Å². The van der Waals surface area contributed by atoms with Gasteiger partial charge in [-0.2, -0.15) is 13.2 Å². The van der Waals surface area contributed by atoms with Crippen molar-refractivity contribution in [2.24, 2.45) is 0 Å². The Kier molecular flexibility index (Phi) is 8.03. The largest absolute Gasteiger partial charge is 0.446 e. The number of anilines is 1. The predicted molar refractivity (Wildman–Crippen MR) is 78.3 cm³/mol. The molecule has 1 heterocycles. The van der Waals surface area contributed by atoms with Crippen LogP contribution in [0.1, 0.15) is 21.0 Å². The second-order valence-electron chi connectivity index (χ2n) is 4.20. The van der Waals surface area contributed by atoms with E-state index in [-0.39, 0.29) is 73.4 Å². The van der Waals surface area contributed by atoms with Crippen molar-refractivity contribution in [2.75, 3.05) is 11.9 Å². The number of halogens is 3. The number of carbonyl (C=O) groups excluding carboxylic acids is 2. The molecule has 0 aliphatic heterocycles. The zero-order valence-electron chi connectivity index (χ0n) is 12.5. The first-order chi connectivity index (χ1) is 11.3. The number of nitrogens with zero attached hydrogens (tertiary/aromatic N) is 2. The Morgan fingerprint density at radius 2 is 1.96 bits per heavy atom. The summed E-state index contributed by atoms with van der Waals surface area (Å²) in [5.74, 6) is -1.80. The summed E-state index contributed by atoms with van der Waals surface area (Å²) in [5, 5.41) is 11.4. The third kappa shape index (κ3) is 6.75. The molecule has 0 saturated carbocycles. The number of rotatable bonds is 5. The van der Waals surface area contributed by atoms with E-state index in [9.17, 15) is 22.8 Å². The van der Waals surface area contributed by atoms with Gasteiger partial charge in [0.15, 0.2) is 0 Å². The molecule has 7 nitrogen and oxygen atoms in total. The maximum Gasteiger partial charge on any atom is 0.446 e. The molecule has 0 spiro atoms. The normalized spacial score (nSPS) is 10.7. The molecule has 25 heavy (non-hydrogen) atoms. The molecular weight excluding hydrogens is 438 g/mol. The van der Waals surface area contributed by atoms with Crippen LogP contribution in [0.25, 0.3) is 0 Å². The van der Waals surface area contributed by atoms with Gasteiger partial charge in [-0.15, -0.1) is 11.6 Å². The predicted octanol–water partition coefficient (Wildman–Crippen LogP) is 2.50. The smallest absolute Gasteiger partial charge is 0.399 e. The topological polar surface area (TPSA) is 97.1 Å². The molecule has 0 unspecified atom stereocenters. The molecule has 2 rings (SSSR count). The molecule has 0 saturated heterocycles. The number of hydrogen-bond donors (Lipinski definition) is 2. The van der Waals surface area contributed by atoms with Crippen LogP contribution in [-0.2, 0) is 32.7 Å². The van der Waals surface area contributed by atoms with Gasteiger partial charge >= 0.3 is 23.3 Å². The maximum atomic E-state index is 12.3. The van der Waals surface area contributed by atoms with Gasteiger partial charge in [0.2, 0.25) is 0 Å². The molecule has 0 bridgehead atoms. The van der Waals surface area contributed by atoms with Crippen LogP contribution < -0.4 is 10.6 Å². The number of thioether (sulfide) groups is 1. The zero-order chi connectivity index (χ0) is 17.7. The van der Waals surface area contributed by atoms with E-state index in [0.29, 0.717) is 0 Å². The van der Waals surface area contributed by atoms with E-state index < -0.39 is 17.3 Å². The van der Waals surface area contributed by atoms with Crippen LogP contribution >= 0.6 is 11.8 Å². The average Bonchev–Trinajstić information content (AvgIpc) is 2.94. The molecule has 0 aliphatic rings. The summed E-state index contributed by atoms with van der Waals surface area (Å²) in [6.45, 7) is 3.51. The van der Waals surface area contributed by atoms with E-state index in [0.717, 1.165) is 6.07 Å². The molecule has 1 aromatic carbocycles. The van der Waals surface area contributed by atoms with Gasteiger partial charge in [-0.3, -0.25) is 14.9 Å². The Morgan fingerprint density at radius 3 is 2.60 bits per heavy atom. The fraction of sp³-hybridized carbons (Fsp3) is 0.154. The number of nitrogens with one attached hydrogen (secondary N) is 2. The Bertz CT molecular complexity index is 754. The van der Waals surface area contributed by atoms with Gasteiger partial charge in [0.05, 0.1) is 0 Å². The van der Waals surface area contributed by atoms with Gasteiger partial charge in [-0.1, -0.05) is 11.2 Å². The van der Waals surface area contributed by atoms with E-state index >= 15 is 0 Å². The molecule has 2 aromatic rings. The van der Waals surface area contributed by atoms with E-state index in [2.05, 4.69) is 27.8 Å². The van der Waals surface area contributed by atoms with Crippen molar-refractivity contribution in [3.63, 3.8) is 0 Å². The maximum absolute atomic E-state index is 12.3. The minimum absolute atomic E-state index is 0. The van der Waals surface area contributed by atoms with Crippen LogP contribution in [0.5, 0.6) is 0 Å². The molecule has 1 aromatic heterocycles. The Labute approximate surface area is 169 Å². The second kappa shape index (κ2) is 9.30. The third-order valence-electron chi connectivity index (χ3n) is 2.46. The van der Waals surface area contributed by atoms with Crippen molar-refractivity contribution in [1.82, 2.24) is 15.5 Å². The fourth-order valence-electron chi connectivity index (χ4n) is 1.56.